The zero-order valence-electron chi connectivity index (χ0n) is 53.2. The molecule has 2 N–H and O–H groups in total. The molecule has 2 amide bonds. The molecule has 1 aliphatic heterocycles. The van der Waals surface area contributed by atoms with Crippen molar-refractivity contribution in [1.82, 2.24) is 4.90 Å². The zero-order valence-corrected chi connectivity index (χ0v) is 53.2. The molecule has 0 aromatic heterocycles. The number of ether oxygens (including phenoxy) is 5. The number of carbonyl (C=O) groups is 7. The van der Waals surface area contributed by atoms with Gasteiger partial charge in [0.2, 0.25) is 11.8 Å². The third-order valence-electron chi connectivity index (χ3n) is 14.3. The van der Waals surface area contributed by atoms with E-state index in [1.54, 1.807) is 0 Å². The van der Waals surface area contributed by atoms with Crippen LogP contribution in [0.3, 0.4) is 0 Å². The van der Waals surface area contributed by atoms with Gasteiger partial charge in [0.15, 0.2) is 0 Å². The van der Waals surface area contributed by atoms with Crippen LogP contribution in [0.1, 0.15) is 294 Å². The van der Waals surface area contributed by atoms with Gasteiger partial charge in [-0.05, 0) is 90.9 Å². The van der Waals surface area contributed by atoms with Gasteiger partial charge in [-0.25, -0.2) is 0 Å². The fourth-order valence-electron chi connectivity index (χ4n) is 8.61. The minimum absolute atomic E-state index is 0.0156. The van der Waals surface area contributed by atoms with Gasteiger partial charge in [0.25, 0.3) is 0 Å². The maximum atomic E-state index is 12.8. The summed E-state index contributed by atoms with van der Waals surface area (Å²) in [5, 5.41) is 0. The highest BCUT2D eigenvalue weighted by molar-refractivity contribution is 5.80. The first kappa shape index (κ1) is 80.0. The third-order valence-corrected chi connectivity index (χ3v) is 14.3. The third kappa shape index (κ3) is 53.1. The Morgan fingerprint density at radius 1 is 0.475 bits per heavy atom. The van der Waals surface area contributed by atoms with E-state index in [0.717, 1.165) is 96.3 Å². The number of rotatable bonds is 45. The second kappa shape index (κ2) is 59.4. The fraction of sp³-hybridized carbons (Fsp3) is 0.833. The number of hydrogen-bond donors (Lipinski definition) is 1. The van der Waals surface area contributed by atoms with E-state index in [1.165, 1.54) is 89.0 Å². The summed E-state index contributed by atoms with van der Waals surface area (Å²) in [6.45, 7) is 25.3. The summed E-state index contributed by atoms with van der Waals surface area (Å²) >= 11 is 0. The van der Waals surface area contributed by atoms with Crippen LogP contribution < -0.4 is 5.73 Å². The van der Waals surface area contributed by atoms with Crippen molar-refractivity contribution in [1.29, 1.82) is 0 Å². The molecule has 14 nitrogen and oxygen atoms in total. The van der Waals surface area contributed by atoms with Crippen molar-refractivity contribution in [3.63, 3.8) is 0 Å². The first-order valence-corrected chi connectivity index (χ1v) is 32.1. The van der Waals surface area contributed by atoms with Crippen LogP contribution in [0.25, 0.3) is 0 Å². The maximum absolute atomic E-state index is 12.8. The van der Waals surface area contributed by atoms with Crippen molar-refractivity contribution in [3.05, 3.63) is 23.8 Å². The van der Waals surface area contributed by atoms with E-state index in [-0.39, 0.29) is 74.9 Å². The Labute approximate surface area is 489 Å². The molecule has 14 heteroatoms. The van der Waals surface area contributed by atoms with Gasteiger partial charge in [-0.1, -0.05) is 201 Å². The largest absolute Gasteiger partial charge is 0.466 e. The number of carbonyl (C=O) groups excluding carboxylic acids is 7. The van der Waals surface area contributed by atoms with Crippen molar-refractivity contribution in [3.8, 4) is 0 Å². The van der Waals surface area contributed by atoms with Crippen LogP contribution in [0.5, 0.6) is 0 Å². The Bertz CT molecular complexity index is 1530. The summed E-state index contributed by atoms with van der Waals surface area (Å²) in [6.07, 6.45) is 36.2. The number of likely N-dealkylation sites (tertiary alicyclic amines) is 1. The molecule has 1 rings (SSSR count). The topological polar surface area (TPSA) is 195 Å². The minimum atomic E-state index is -0.543. The SMILES string of the molecule is C/C=C(\C)CC.C/C=C\C.CCCCCCCCOC(=O)CC(CC(=O)OCCCCCCCC)CC(=O)OCC1CCCN1C(=O)C(C)CC.CCCCCCCCOC(=O)CC(CC(N)=O)CC(=O)OCCCCCCCC. The lowest BCUT2D eigenvalue weighted by Gasteiger charge is -2.27. The summed E-state index contributed by atoms with van der Waals surface area (Å²) in [6, 6.07) is -0.122. The van der Waals surface area contributed by atoms with Crippen LogP contribution in [0.4, 0.5) is 0 Å². The van der Waals surface area contributed by atoms with Crippen LogP contribution in [0, 0.1) is 17.8 Å². The number of unbranched alkanes of at least 4 members (excludes halogenated alkanes) is 20. The predicted octanol–water partition coefficient (Wildman–Crippen LogP) is 16.2. The molecule has 0 aliphatic carbocycles. The van der Waals surface area contributed by atoms with E-state index in [2.05, 4.69) is 54.5 Å². The number of primary amides is 1. The number of nitrogens with two attached hydrogens (primary N) is 1. The van der Waals surface area contributed by atoms with Gasteiger partial charge >= 0.3 is 29.8 Å². The molecule has 1 aliphatic rings. The highest BCUT2D eigenvalue weighted by Crippen LogP contribution is 2.23. The van der Waals surface area contributed by atoms with Crippen molar-refractivity contribution in [2.75, 3.05) is 39.6 Å². The Balaban J connectivity index is -0.00000131. The normalized spacial score (nSPS) is 13.3. The molecule has 0 bridgehead atoms. The first-order chi connectivity index (χ1) is 38.5. The number of nitrogens with zero attached hydrogens (tertiary/aromatic N) is 1. The van der Waals surface area contributed by atoms with Crippen molar-refractivity contribution < 1.29 is 57.2 Å². The van der Waals surface area contributed by atoms with Gasteiger partial charge in [-0.3, -0.25) is 33.6 Å². The Kier molecular flexibility index (Phi) is 59.4. The van der Waals surface area contributed by atoms with E-state index in [0.29, 0.717) is 33.0 Å². The lowest BCUT2D eigenvalue weighted by Crippen LogP contribution is -2.41. The lowest BCUT2D eigenvalue weighted by molar-refractivity contribution is -0.153. The second-order valence-corrected chi connectivity index (χ2v) is 21.9. The van der Waals surface area contributed by atoms with Crippen molar-refractivity contribution in [2.24, 2.45) is 23.5 Å². The summed E-state index contributed by atoms with van der Waals surface area (Å²) in [5.74, 6) is -3.51. The molecule has 0 aromatic rings. The van der Waals surface area contributed by atoms with E-state index in [1.807, 2.05) is 44.7 Å². The van der Waals surface area contributed by atoms with Gasteiger partial charge in [-0.15, -0.1) is 0 Å². The van der Waals surface area contributed by atoms with Gasteiger partial charge in [-0.2, -0.15) is 0 Å². The smallest absolute Gasteiger partial charge is 0.306 e. The molecular formula is C66H122N2O12. The van der Waals surface area contributed by atoms with Gasteiger partial charge in [0.05, 0.1) is 32.5 Å². The van der Waals surface area contributed by atoms with E-state index >= 15 is 0 Å². The second-order valence-electron chi connectivity index (χ2n) is 21.9. The molecule has 2 unspecified atom stereocenters. The number of hydrogen-bond acceptors (Lipinski definition) is 12. The van der Waals surface area contributed by atoms with Crippen LogP contribution in [-0.4, -0.2) is 92.2 Å². The molecule has 468 valence electrons. The lowest BCUT2D eigenvalue weighted by atomic mass is 9.97. The zero-order chi connectivity index (χ0) is 60.4. The molecule has 0 spiro atoms. The molecular weight excluding hydrogens is 1010 g/mol. The van der Waals surface area contributed by atoms with Gasteiger partial charge < -0.3 is 34.3 Å². The quantitative estimate of drug-likeness (QED) is 0.0263. The predicted molar refractivity (Wildman–Crippen MR) is 327 cm³/mol. The molecule has 1 fully saturated rings. The summed E-state index contributed by atoms with van der Waals surface area (Å²) in [5.41, 5.74) is 6.73. The summed E-state index contributed by atoms with van der Waals surface area (Å²) in [4.78, 5) is 87.7. The molecule has 2 atom stereocenters. The fourth-order valence-corrected chi connectivity index (χ4v) is 8.61. The number of esters is 5. The van der Waals surface area contributed by atoms with Gasteiger partial charge in [0.1, 0.15) is 6.61 Å². The van der Waals surface area contributed by atoms with E-state index in [4.69, 9.17) is 29.4 Å². The van der Waals surface area contributed by atoms with Crippen LogP contribution in [0.2, 0.25) is 0 Å². The van der Waals surface area contributed by atoms with Crippen molar-refractivity contribution >= 4 is 41.7 Å². The maximum Gasteiger partial charge on any atom is 0.306 e. The average molecular weight is 1140 g/mol. The van der Waals surface area contributed by atoms with Crippen LogP contribution >= 0.6 is 0 Å². The molecule has 0 saturated carbocycles. The standard InChI is InChI=1S/C33H59NO7.C23H43NO5.C6H12.C4H8/c1-5-8-10-12-14-16-21-39-30(35)23-28(24-31(36)40-22-17-15-13-11-9-6-2)25-32(37)41-26-29-19-18-20-34(29)33(38)27(4)7-3;1-3-5-7-9-11-13-15-28-22(26)18-20(17-21(24)25)19-23(27)29-16-14-12-10-8-6-4-2;1-4-6(3)5-2;1-3-4-2/h27-29H,5-26H2,1-4H3;20H,3-19H2,1-2H3,(H2,24,25);4H,5H2,1-3H3;3-4H,1-2H3/b;;6-4+;4-3-. The minimum Gasteiger partial charge on any atom is -0.466 e. The number of amides is 2. The van der Waals surface area contributed by atoms with Gasteiger partial charge in [0, 0.05) is 51.0 Å². The molecule has 0 radical (unpaired) electrons. The molecule has 1 heterocycles. The summed E-state index contributed by atoms with van der Waals surface area (Å²) < 4.78 is 26.9. The van der Waals surface area contributed by atoms with Crippen LogP contribution in [-0.2, 0) is 57.2 Å². The molecule has 80 heavy (non-hydrogen) atoms. The van der Waals surface area contributed by atoms with E-state index < -0.39 is 35.7 Å². The first-order valence-electron chi connectivity index (χ1n) is 32.1. The Morgan fingerprint density at radius 3 is 1.06 bits per heavy atom. The molecule has 0 aromatic carbocycles. The number of allylic oxidation sites excluding steroid dienone is 4. The molecule has 1 saturated heterocycles. The van der Waals surface area contributed by atoms with Crippen molar-refractivity contribution in [2.45, 2.75) is 301 Å². The monoisotopic (exact) mass is 1130 g/mol. The van der Waals surface area contributed by atoms with Crippen LogP contribution in [0.15, 0.2) is 23.8 Å². The Morgan fingerprint density at radius 2 is 0.787 bits per heavy atom. The Hall–Kier alpha value is -4.23. The highest BCUT2D eigenvalue weighted by atomic mass is 16.5. The average Bonchev–Trinajstić information content (AvgIpc) is 3.91. The summed E-state index contributed by atoms with van der Waals surface area (Å²) in [7, 11) is 0. The highest BCUT2D eigenvalue weighted by Gasteiger charge is 2.32. The van der Waals surface area contributed by atoms with E-state index in [9.17, 15) is 33.6 Å².